The van der Waals surface area contributed by atoms with Gasteiger partial charge in [-0.25, -0.2) is 0 Å². The molecule has 2 amide bonds. The molecular formula is C19H21ClN2O3S. The summed E-state index contributed by atoms with van der Waals surface area (Å²) < 4.78 is 5.18. The van der Waals surface area contributed by atoms with Crippen LogP contribution in [0.3, 0.4) is 0 Å². The summed E-state index contributed by atoms with van der Waals surface area (Å²) in [6, 6.07) is 8.17. The number of nitrogens with one attached hydrogen (secondary N) is 1. The maximum absolute atomic E-state index is 13.2. The van der Waals surface area contributed by atoms with Crippen LogP contribution in [0.15, 0.2) is 47.3 Å². The molecule has 3 rings (SSSR count). The van der Waals surface area contributed by atoms with Crippen molar-refractivity contribution in [2.75, 3.05) is 12.3 Å². The van der Waals surface area contributed by atoms with Gasteiger partial charge in [-0.3, -0.25) is 9.59 Å². The van der Waals surface area contributed by atoms with Crippen LogP contribution in [-0.2, 0) is 4.79 Å². The first kappa shape index (κ1) is 18.9. The van der Waals surface area contributed by atoms with Crippen LogP contribution in [0.25, 0.3) is 0 Å². The van der Waals surface area contributed by atoms with Crippen molar-refractivity contribution >= 4 is 35.2 Å². The fraction of sp³-hybridized carbons (Fsp3) is 0.368. The Kier molecular flexibility index (Phi) is 5.94. The molecule has 5 nitrogen and oxygen atoms in total. The number of halogens is 1. The van der Waals surface area contributed by atoms with E-state index in [0.717, 1.165) is 5.56 Å². The van der Waals surface area contributed by atoms with Gasteiger partial charge in [0.05, 0.1) is 23.1 Å². The molecule has 1 fully saturated rings. The first-order valence-electron chi connectivity index (χ1n) is 8.47. The average molecular weight is 393 g/mol. The molecule has 1 aliphatic rings. The Balaban J connectivity index is 1.91. The fourth-order valence-electron chi connectivity index (χ4n) is 2.82. The third kappa shape index (κ3) is 3.91. The van der Waals surface area contributed by atoms with Gasteiger partial charge in [-0.15, -0.1) is 11.8 Å². The predicted molar refractivity (Wildman–Crippen MR) is 103 cm³/mol. The van der Waals surface area contributed by atoms with E-state index in [1.165, 1.54) is 0 Å². The fourth-order valence-corrected chi connectivity index (χ4v) is 4.45. The molecule has 2 aromatic rings. The second kappa shape index (κ2) is 8.18. The van der Waals surface area contributed by atoms with E-state index in [-0.39, 0.29) is 17.2 Å². The predicted octanol–water partition coefficient (Wildman–Crippen LogP) is 3.96. The molecule has 0 aliphatic carbocycles. The van der Waals surface area contributed by atoms with Gasteiger partial charge in [0.15, 0.2) is 0 Å². The van der Waals surface area contributed by atoms with Gasteiger partial charge in [0.1, 0.15) is 11.4 Å². The Bertz CT molecular complexity index is 779. The second-order valence-electron chi connectivity index (χ2n) is 6.59. The Labute approximate surface area is 162 Å². The molecule has 26 heavy (non-hydrogen) atoms. The number of thioether (sulfide) groups is 1. The van der Waals surface area contributed by atoms with E-state index in [2.05, 4.69) is 5.32 Å². The van der Waals surface area contributed by atoms with E-state index in [0.29, 0.717) is 28.8 Å². The summed E-state index contributed by atoms with van der Waals surface area (Å²) in [6.45, 7) is 4.64. The second-order valence-corrected chi connectivity index (χ2v) is 8.11. The van der Waals surface area contributed by atoms with Crippen molar-refractivity contribution in [2.24, 2.45) is 5.92 Å². The van der Waals surface area contributed by atoms with Gasteiger partial charge in [-0.05, 0) is 24.1 Å². The summed E-state index contributed by atoms with van der Waals surface area (Å²) in [5, 5.41) is 3.03. The van der Waals surface area contributed by atoms with Gasteiger partial charge in [0, 0.05) is 17.9 Å². The summed E-state index contributed by atoms with van der Waals surface area (Å²) in [5.41, 5.74) is 1.25. The van der Waals surface area contributed by atoms with E-state index in [1.807, 2.05) is 19.9 Å². The number of carbonyl (C=O) groups excluding carboxylic acids is 2. The third-order valence-corrected chi connectivity index (χ3v) is 5.81. The molecule has 0 bridgehead atoms. The number of furan rings is 1. The van der Waals surface area contributed by atoms with Crippen LogP contribution in [0.4, 0.5) is 0 Å². The molecule has 1 N–H and O–H groups in total. The number of hydrogen-bond donors (Lipinski definition) is 1. The van der Waals surface area contributed by atoms with Crippen molar-refractivity contribution < 1.29 is 14.0 Å². The van der Waals surface area contributed by atoms with Gasteiger partial charge in [-0.1, -0.05) is 37.6 Å². The number of carbonyl (C=O) groups is 2. The molecule has 1 aromatic carbocycles. The third-order valence-electron chi connectivity index (χ3n) is 4.15. The highest BCUT2D eigenvalue weighted by atomic mass is 35.5. The zero-order chi connectivity index (χ0) is 18.7. The minimum Gasteiger partial charge on any atom is -0.472 e. The SMILES string of the molecule is CC(C)CNC(=O)C1CSC(c2ccoc2)N1C(=O)c1ccccc1Cl. The summed E-state index contributed by atoms with van der Waals surface area (Å²) in [6.07, 6.45) is 3.18. The van der Waals surface area contributed by atoms with Crippen molar-refractivity contribution in [3.8, 4) is 0 Å². The van der Waals surface area contributed by atoms with Crippen molar-refractivity contribution in [3.05, 3.63) is 59.0 Å². The van der Waals surface area contributed by atoms with Gasteiger partial charge < -0.3 is 14.6 Å². The molecule has 2 atom stereocenters. The lowest BCUT2D eigenvalue weighted by Crippen LogP contribution is -2.48. The molecule has 2 unspecified atom stereocenters. The van der Waals surface area contributed by atoms with Crippen LogP contribution >= 0.6 is 23.4 Å². The molecule has 0 radical (unpaired) electrons. The Morgan fingerprint density at radius 2 is 2.12 bits per heavy atom. The first-order valence-corrected chi connectivity index (χ1v) is 9.90. The smallest absolute Gasteiger partial charge is 0.257 e. The monoisotopic (exact) mass is 392 g/mol. The van der Waals surface area contributed by atoms with E-state index in [9.17, 15) is 9.59 Å². The molecular weight excluding hydrogens is 372 g/mol. The first-order chi connectivity index (χ1) is 12.5. The molecule has 1 aromatic heterocycles. The topological polar surface area (TPSA) is 62.6 Å². The maximum atomic E-state index is 13.2. The quantitative estimate of drug-likeness (QED) is 0.836. The molecule has 138 valence electrons. The van der Waals surface area contributed by atoms with Crippen molar-refractivity contribution in [3.63, 3.8) is 0 Å². The van der Waals surface area contributed by atoms with Crippen LogP contribution in [0, 0.1) is 5.92 Å². The average Bonchev–Trinajstić information content (AvgIpc) is 3.28. The van der Waals surface area contributed by atoms with Crippen molar-refractivity contribution in [1.29, 1.82) is 0 Å². The summed E-state index contributed by atoms with van der Waals surface area (Å²) in [5.74, 6) is 0.468. The van der Waals surface area contributed by atoms with E-state index >= 15 is 0 Å². The van der Waals surface area contributed by atoms with Crippen molar-refractivity contribution in [1.82, 2.24) is 10.2 Å². The molecule has 0 spiro atoms. The largest absolute Gasteiger partial charge is 0.472 e. The Morgan fingerprint density at radius 3 is 2.77 bits per heavy atom. The van der Waals surface area contributed by atoms with Crippen LogP contribution in [0.1, 0.15) is 35.1 Å². The number of amides is 2. The highest BCUT2D eigenvalue weighted by molar-refractivity contribution is 7.99. The summed E-state index contributed by atoms with van der Waals surface area (Å²) >= 11 is 7.78. The molecule has 7 heteroatoms. The van der Waals surface area contributed by atoms with Crippen molar-refractivity contribution in [2.45, 2.75) is 25.3 Å². The Hall–Kier alpha value is -1.92. The number of benzene rings is 1. The minimum absolute atomic E-state index is 0.141. The highest BCUT2D eigenvalue weighted by Gasteiger charge is 2.43. The van der Waals surface area contributed by atoms with Gasteiger partial charge in [0.25, 0.3) is 5.91 Å². The summed E-state index contributed by atoms with van der Waals surface area (Å²) in [7, 11) is 0. The van der Waals surface area contributed by atoms with E-state index < -0.39 is 6.04 Å². The van der Waals surface area contributed by atoms with E-state index in [4.69, 9.17) is 16.0 Å². The van der Waals surface area contributed by atoms with Gasteiger partial charge in [0.2, 0.25) is 5.91 Å². The van der Waals surface area contributed by atoms with Crippen LogP contribution in [0.2, 0.25) is 5.02 Å². The maximum Gasteiger partial charge on any atom is 0.257 e. The van der Waals surface area contributed by atoms with Crippen LogP contribution in [0.5, 0.6) is 0 Å². The van der Waals surface area contributed by atoms with Crippen LogP contribution < -0.4 is 5.32 Å². The number of hydrogen-bond acceptors (Lipinski definition) is 4. The van der Waals surface area contributed by atoms with Gasteiger partial charge in [-0.2, -0.15) is 0 Å². The standard InChI is InChI=1S/C19H21ClN2O3S/c1-12(2)9-21-17(23)16-11-26-19(13-7-8-25-10-13)22(16)18(24)14-5-3-4-6-15(14)20/h3-8,10,12,16,19H,9,11H2,1-2H3,(H,21,23). The normalized spacial score (nSPS) is 19.8. The number of rotatable bonds is 5. The molecule has 2 heterocycles. The molecule has 0 saturated carbocycles. The zero-order valence-electron chi connectivity index (χ0n) is 14.6. The Morgan fingerprint density at radius 1 is 1.35 bits per heavy atom. The lowest BCUT2D eigenvalue weighted by molar-refractivity contribution is -0.125. The minimum atomic E-state index is -0.553. The lowest BCUT2D eigenvalue weighted by Gasteiger charge is -2.29. The summed E-state index contributed by atoms with van der Waals surface area (Å²) in [4.78, 5) is 27.6. The van der Waals surface area contributed by atoms with E-state index in [1.54, 1.807) is 53.5 Å². The number of nitrogens with zero attached hydrogens (tertiary/aromatic N) is 1. The molecule has 1 aliphatic heterocycles. The zero-order valence-corrected chi connectivity index (χ0v) is 16.2. The van der Waals surface area contributed by atoms with Gasteiger partial charge >= 0.3 is 0 Å². The highest BCUT2D eigenvalue weighted by Crippen LogP contribution is 2.42. The van der Waals surface area contributed by atoms with Crippen LogP contribution in [-0.4, -0.2) is 35.1 Å². The lowest BCUT2D eigenvalue weighted by atomic mass is 10.1. The molecule has 1 saturated heterocycles.